The zero-order valence-corrected chi connectivity index (χ0v) is 17.7. The van der Waals surface area contributed by atoms with Crippen molar-refractivity contribution in [3.63, 3.8) is 0 Å². The summed E-state index contributed by atoms with van der Waals surface area (Å²) in [6.07, 6.45) is -1.88. The van der Waals surface area contributed by atoms with Crippen molar-refractivity contribution in [1.29, 1.82) is 0 Å². The fourth-order valence-corrected chi connectivity index (χ4v) is 4.13. The number of fused-ring (bicyclic) bond motifs is 1. The topological polar surface area (TPSA) is 110 Å². The largest absolute Gasteiger partial charge is 0.508 e. The second kappa shape index (κ2) is 6.73. The number of ether oxygens (including phenoxy) is 1. The molecule has 158 valence electrons. The van der Waals surface area contributed by atoms with E-state index in [2.05, 4.69) is 0 Å². The summed E-state index contributed by atoms with van der Waals surface area (Å²) in [5.74, 6) is -1.41. The molecule has 3 atom stereocenters. The van der Waals surface area contributed by atoms with Gasteiger partial charge in [-0.2, -0.15) is 0 Å². The molecule has 0 aliphatic carbocycles. The number of phenolic OH excluding ortho intramolecular Hbond substituents is 4. The van der Waals surface area contributed by atoms with Gasteiger partial charge in [0.2, 0.25) is 0 Å². The number of benzene rings is 2. The Hall–Kier alpha value is -2.60. The van der Waals surface area contributed by atoms with Gasteiger partial charge in [0, 0.05) is 23.1 Å². The summed E-state index contributed by atoms with van der Waals surface area (Å²) in [4.78, 5) is 0. The highest BCUT2D eigenvalue weighted by Crippen LogP contribution is 2.53. The Balaban J connectivity index is 2.20. The van der Waals surface area contributed by atoms with Gasteiger partial charge in [-0.3, -0.25) is 0 Å². The van der Waals surface area contributed by atoms with Crippen molar-refractivity contribution in [2.75, 3.05) is 0 Å². The van der Waals surface area contributed by atoms with Crippen molar-refractivity contribution in [3.05, 3.63) is 41.0 Å². The molecule has 6 nitrogen and oxygen atoms in total. The van der Waals surface area contributed by atoms with E-state index in [0.717, 1.165) is 11.1 Å². The molecule has 2 aromatic carbocycles. The number of hydrogen-bond donors (Lipinski definition) is 5. The van der Waals surface area contributed by atoms with Crippen molar-refractivity contribution < 1.29 is 30.3 Å². The lowest BCUT2D eigenvalue weighted by atomic mass is 9.69. The number of aliphatic hydroxyl groups excluding tert-OH is 1. The zero-order chi connectivity index (χ0) is 21.9. The highest BCUT2D eigenvalue weighted by Gasteiger charge is 2.45. The van der Waals surface area contributed by atoms with Gasteiger partial charge < -0.3 is 30.3 Å². The molecule has 0 radical (unpaired) electrons. The highest BCUT2D eigenvalue weighted by atomic mass is 16.5. The molecule has 29 heavy (non-hydrogen) atoms. The van der Waals surface area contributed by atoms with Crippen LogP contribution in [0.2, 0.25) is 0 Å². The van der Waals surface area contributed by atoms with Crippen LogP contribution in [0.25, 0.3) is 0 Å². The van der Waals surface area contributed by atoms with E-state index in [9.17, 15) is 25.5 Å². The molecule has 0 saturated carbocycles. The van der Waals surface area contributed by atoms with Crippen LogP contribution in [0.15, 0.2) is 24.3 Å². The van der Waals surface area contributed by atoms with Crippen LogP contribution < -0.4 is 4.74 Å². The first-order valence-corrected chi connectivity index (χ1v) is 9.68. The van der Waals surface area contributed by atoms with Gasteiger partial charge in [-0.25, -0.2) is 0 Å². The Morgan fingerprint density at radius 3 is 1.83 bits per heavy atom. The molecular weight excluding hydrogens is 372 g/mol. The summed E-state index contributed by atoms with van der Waals surface area (Å²) < 4.78 is 6.04. The lowest BCUT2D eigenvalue weighted by Gasteiger charge is -2.44. The SMILES string of the molecule is CC(C)(C)c1cc2c(cc1O)OC(c1cc(O)c(O)c(O)c1)C(O)C2C(C)(C)C. The van der Waals surface area contributed by atoms with Gasteiger partial charge in [-0.1, -0.05) is 41.5 Å². The summed E-state index contributed by atoms with van der Waals surface area (Å²) in [6, 6.07) is 5.98. The highest BCUT2D eigenvalue weighted by molar-refractivity contribution is 5.55. The molecule has 1 aliphatic heterocycles. The van der Waals surface area contributed by atoms with E-state index in [0.29, 0.717) is 11.3 Å². The molecule has 3 unspecified atom stereocenters. The predicted molar refractivity (Wildman–Crippen MR) is 110 cm³/mol. The van der Waals surface area contributed by atoms with Crippen LogP contribution in [0.3, 0.4) is 0 Å². The number of phenols is 4. The monoisotopic (exact) mass is 402 g/mol. The van der Waals surface area contributed by atoms with Crippen molar-refractivity contribution >= 4 is 0 Å². The standard InChI is InChI=1S/C23H30O6/c1-22(2,3)13-9-12-17(10-14(13)24)29-21(20(28)18(12)23(4,5)6)11-7-15(25)19(27)16(26)8-11/h7-10,18,20-21,24-28H,1-6H3. The van der Waals surface area contributed by atoms with Crippen LogP contribution in [0.4, 0.5) is 0 Å². The van der Waals surface area contributed by atoms with Crippen LogP contribution in [0, 0.1) is 5.41 Å². The molecule has 0 amide bonds. The zero-order valence-electron chi connectivity index (χ0n) is 17.7. The maximum absolute atomic E-state index is 11.3. The summed E-state index contributed by atoms with van der Waals surface area (Å²) in [5.41, 5.74) is 1.25. The number of aromatic hydroxyl groups is 4. The van der Waals surface area contributed by atoms with Crippen LogP contribution in [0.5, 0.6) is 28.7 Å². The Morgan fingerprint density at radius 2 is 1.34 bits per heavy atom. The molecule has 1 heterocycles. The molecule has 0 aromatic heterocycles. The van der Waals surface area contributed by atoms with Crippen LogP contribution in [-0.2, 0) is 5.41 Å². The summed E-state index contributed by atoms with van der Waals surface area (Å²) in [7, 11) is 0. The van der Waals surface area contributed by atoms with E-state index >= 15 is 0 Å². The molecule has 1 aliphatic rings. The van der Waals surface area contributed by atoms with Crippen LogP contribution >= 0.6 is 0 Å². The van der Waals surface area contributed by atoms with Crippen molar-refractivity contribution in [2.24, 2.45) is 5.41 Å². The summed E-state index contributed by atoms with van der Waals surface area (Å²) >= 11 is 0. The average molecular weight is 402 g/mol. The van der Waals surface area contributed by atoms with Crippen LogP contribution in [0.1, 0.15) is 70.3 Å². The van der Waals surface area contributed by atoms with Gasteiger partial charge in [0.05, 0.1) is 0 Å². The van der Waals surface area contributed by atoms with Gasteiger partial charge >= 0.3 is 0 Å². The molecule has 0 fully saturated rings. The van der Waals surface area contributed by atoms with E-state index < -0.39 is 29.5 Å². The maximum atomic E-state index is 11.3. The van der Waals surface area contributed by atoms with Crippen molar-refractivity contribution in [1.82, 2.24) is 0 Å². The van der Waals surface area contributed by atoms with Crippen LogP contribution in [-0.4, -0.2) is 31.6 Å². The lowest BCUT2D eigenvalue weighted by Crippen LogP contribution is -2.40. The van der Waals surface area contributed by atoms with Gasteiger partial charge in [0.25, 0.3) is 0 Å². The van der Waals surface area contributed by atoms with E-state index in [-0.39, 0.29) is 22.5 Å². The Labute approximate surface area is 171 Å². The minimum absolute atomic E-state index is 0.107. The quantitative estimate of drug-likeness (QED) is 0.451. The van der Waals surface area contributed by atoms with Gasteiger partial charge in [0.15, 0.2) is 23.4 Å². The molecule has 6 heteroatoms. The van der Waals surface area contributed by atoms with Crippen molar-refractivity contribution in [3.8, 4) is 28.7 Å². The second-order valence-corrected chi connectivity index (χ2v) is 9.94. The fourth-order valence-electron chi connectivity index (χ4n) is 4.13. The molecule has 3 rings (SSSR count). The third-order valence-corrected chi connectivity index (χ3v) is 5.53. The number of hydrogen-bond acceptors (Lipinski definition) is 6. The molecule has 0 bridgehead atoms. The molecular formula is C23H30O6. The molecule has 5 N–H and O–H groups in total. The smallest absolute Gasteiger partial charge is 0.200 e. The first kappa shape index (κ1) is 21.1. The third-order valence-electron chi connectivity index (χ3n) is 5.53. The average Bonchev–Trinajstić information content (AvgIpc) is 2.56. The minimum atomic E-state index is -0.983. The summed E-state index contributed by atoms with van der Waals surface area (Å²) in [5, 5.41) is 51.3. The third kappa shape index (κ3) is 3.69. The number of rotatable bonds is 1. The number of aliphatic hydroxyl groups is 1. The fraction of sp³-hybridized carbons (Fsp3) is 0.478. The van der Waals surface area contributed by atoms with E-state index in [1.807, 2.05) is 47.6 Å². The van der Waals surface area contributed by atoms with Crippen molar-refractivity contribution in [2.45, 2.75) is 65.1 Å². The Morgan fingerprint density at radius 1 is 0.793 bits per heavy atom. The maximum Gasteiger partial charge on any atom is 0.200 e. The first-order valence-electron chi connectivity index (χ1n) is 9.68. The first-order chi connectivity index (χ1) is 13.2. The molecule has 2 aromatic rings. The Bertz CT molecular complexity index is 913. The minimum Gasteiger partial charge on any atom is -0.508 e. The van der Waals surface area contributed by atoms with E-state index in [1.165, 1.54) is 12.1 Å². The lowest BCUT2D eigenvalue weighted by molar-refractivity contribution is -0.0276. The second-order valence-electron chi connectivity index (χ2n) is 9.94. The normalized spacial score (nSPS) is 22.1. The van der Waals surface area contributed by atoms with Gasteiger partial charge in [-0.15, -0.1) is 0 Å². The van der Waals surface area contributed by atoms with E-state index in [4.69, 9.17) is 4.74 Å². The summed E-state index contributed by atoms with van der Waals surface area (Å²) in [6.45, 7) is 12.1. The van der Waals surface area contributed by atoms with Gasteiger partial charge in [-0.05, 0) is 34.6 Å². The molecule has 0 spiro atoms. The molecule has 0 saturated heterocycles. The van der Waals surface area contributed by atoms with Gasteiger partial charge in [0.1, 0.15) is 17.6 Å². The van der Waals surface area contributed by atoms with E-state index in [1.54, 1.807) is 6.07 Å². The Kier molecular flexibility index (Phi) is 4.90. The predicted octanol–water partition coefficient (Wildman–Crippen LogP) is 4.43.